The third kappa shape index (κ3) is 2.66. The van der Waals surface area contributed by atoms with E-state index in [1.165, 1.54) is 42.9 Å². The van der Waals surface area contributed by atoms with Gasteiger partial charge in [0.15, 0.2) is 0 Å². The van der Waals surface area contributed by atoms with Gasteiger partial charge in [-0.05, 0) is 35.8 Å². The lowest BCUT2D eigenvalue weighted by Crippen LogP contribution is -2.33. The van der Waals surface area contributed by atoms with Gasteiger partial charge >= 0.3 is 0 Å². The van der Waals surface area contributed by atoms with Crippen molar-refractivity contribution in [2.75, 3.05) is 0 Å². The van der Waals surface area contributed by atoms with Crippen molar-refractivity contribution in [1.29, 1.82) is 0 Å². The van der Waals surface area contributed by atoms with Crippen molar-refractivity contribution in [3.8, 4) is 0 Å². The van der Waals surface area contributed by atoms with Crippen LogP contribution in [0.15, 0.2) is 18.2 Å². The fourth-order valence-electron chi connectivity index (χ4n) is 2.34. The van der Waals surface area contributed by atoms with Gasteiger partial charge in [-0.25, -0.2) is 0 Å². The molecule has 1 nitrogen and oxygen atoms in total. The minimum Gasteiger partial charge on any atom is -0.388 e. The molecule has 1 aromatic rings. The zero-order valence-corrected chi connectivity index (χ0v) is 10.1. The van der Waals surface area contributed by atoms with Crippen LogP contribution in [0.1, 0.15) is 37.7 Å². The first kappa shape index (κ1) is 11.3. The highest BCUT2D eigenvalue weighted by Gasteiger charge is 2.10. The van der Waals surface area contributed by atoms with Crippen LogP contribution in [0.3, 0.4) is 0 Å². The lowest BCUT2D eigenvalue weighted by atomic mass is 9.96. The molecule has 86 valence electrons. The van der Waals surface area contributed by atoms with Crippen molar-refractivity contribution in [3.63, 3.8) is 0 Å². The average molecular weight is 215 g/mol. The van der Waals surface area contributed by atoms with E-state index >= 15 is 0 Å². The van der Waals surface area contributed by atoms with Crippen LogP contribution in [0.25, 0.3) is 12.8 Å². The number of hydrogen-bond acceptors (Lipinski definition) is 1. The van der Waals surface area contributed by atoms with Crippen LogP contribution < -0.4 is 15.8 Å². The van der Waals surface area contributed by atoms with Gasteiger partial charge in [-0.3, -0.25) is 0 Å². The molecule has 1 N–H and O–H groups in total. The van der Waals surface area contributed by atoms with E-state index in [2.05, 4.69) is 43.2 Å². The fourth-order valence-corrected chi connectivity index (χ4v) is 2.34. The molecule has 1 fully saturated rings. The molecule has 1 aliphatic carbocycles. The molecule has 1 saturated carbocycles. The van der Waals surface area contributed by atoms with E-state index in [4.69, 9.17) is 0 Å². The first-order chi connectivity index (χ1) is 7.77. The Morgan fingerprint density at radius 3 is 2.75 bits per heavy atom. The Balaban J connectivity index is 2.11. The minimum absolute atomic E-state index is 0.675. The molecule has 0 radical (unpaired) electrons. The molecule has 0 unspecified atom stereocenters. The molecule has 0 saturated heterocycles. The second-order valence-electron chi connectivity index (χ2n) is 4.79. The van der Waals surface area contributed by atoms with Crippen LogP contribution in [-0.4, -0.2) is 6.04 Å². The molecule has 1 aliphatic rings. The van der Waals surface area contributed by atoms with Gasteiger partial charge in [-0.2, -0.15) is 0 Å². The predicted molar refractivity (Wildman–Crippen MR) is 70.4 cm³/mol. The number of aryl methyl sites for hydroxylation is 1. The van der Waals surface area contributed by atoms with Crippen molar-refractivity contribution in [2.24, 2.45) is 0 Å². The summed E-state index contributed by atoms with van der Waals surface area (Å²) in [4.78, 5) is 0. The molecule has 0 atom stereocenters. The van der Waals surface area contributed by atoms with Gasteiger partial charge in [0, 0.05) is 12.2 Å². The van der Waals surface area contributed by atoms with E-state index in [1.807, 2.05) is 0 Å². The molecule has 0 aromatic heterocycles. The van der Waals surface area contributed by atoms with Crippen LogP contribution >= 0.6 is 0 Å². The normalized spacial score (nSPS) is 18.7. The molecule has 0 bridgehead atoms. The first-order valence-corrected chi connectivity index (χ1v) is 6.28. The highest BCUT2D eigenvalue weighted by Crippen LogP contribution is 2.16. The molecule has 0 amide bonds. The maximum atomic E-state index is 4.11. The van der Waals surface area contributed by atoms with E-state index in [0.717, 1.165) is 5.22 Å². The summed E-state index contributed by atoms with van der Waals surface area (Å²) in [5.74, 6) is 0. The molecule has 0 heterocycles. The van der Waals surface area contributed by atoms with Gasteiger partial charge < -0.3 is 5.32 Å². The highest BCUT2D eigenvalue weighted by molar-refractivity contribution is 5.29. The topological polar surface area (TPSA) is 12.0 Å². The van der Waals surface area contributed by atoms with Crippen molar-refractivity contribution in [2.45, 2.75) is 45.1 Å². The van der Waals surface area contributed by atoms with Crippen molar-refractivity contribution < 1.29 is 0 Å². The fraction of sp³-hybridized carbons (Fsp3) is 0.467. The van der Waals surface area contributed by atoms with Gasteiger partial charge in [0.25, 0.3) is 0 Å². The quantitative estimate of drug-likeness (QED) is 0.796. The SMILES string of the molecule is C=c1c(C)ccc/c1=C\NC1CCCCC1. The lowest BCUT2D eigenvalue weighted by Gasteiger charge is -2.21. The monoisotopic (exact) mass is 215 g/mol. The van der Waals surface area contributed by atoms with E-state index < -0.39 is 0 Å². The third-order valence-electron chi connectivity index (χ3n) is 3.53. The number of hydrogen-bond donors (Lipinski definition) is 1. The summed E-state index contributed by atoms with van der Waals surface area (Å²) >= 11 is 0. The van der Waals surface area contributed by atoms with Crippen molar-refractivity contribution in [3.05, 3.63) is 34.2 Å². The Morgan fingerprint density at radius 2 is 2.00 bits per heavy atom. The summed E-state index contributed by atoms with van der Waals surface area (Å²) in [5.41, 5.74) is 1.26. The lowest BCUT2D eigenvalue weighted by molar-refractivity contribution is 0.412. The molecular weight excluding hydrogens is 194 g/mol. The number of benzene rings is 1. The Morgan fingerprint density at radius 1 is 1.25 bits per heavy atom. The molecule has 0 spiro atoms. The smallest absolute Gasteiger partial charge is 0.0255 e. The van der Waals surface area contributed by atoms with Gasteiger partial charge in [0.1, 0.15) is 0 Å². The second kappa shape index (κ2) is 5.20. The van der Waals surface area contributed by atoms with Gasteiger partial charge in [-0.15, -0.1) is 0 Å². The molecule has 2 rings (SSSR count). The standard InChI is InChI=1S/C15H21N/c1-12-7-6-8-14(13(12)2)11-16-15-9-4-3-5-10-15/h6-8,11,15-16H,2-5,9-10H2,1H3/b14-11+. The Kier molecular flexibility index (Phi) is 3.66. The van der Waals surface area contributed by atoms with Crippen LogP contribution in [0.2, 0.25) is 0 Å². The number of rotatable bonds is 2. The maximum Gasteiger partial charge on any atom is 0.0255 e. The molecule has 0 aliphatic heterocycles. The van der Waals surface area contributed by atoms with Gasteiger partial charge in [0.05, 0.1) is 0 Å². The Hall–Kier alpha value is -1.24. The molecular formula is C15H21N. The molecule has 16 heavy (non-hydrogen) atoms. The zero-order chi connectivity index (χ0) is 11.4. The summed E-state index contributed by atoms with van der Waals surface area (Å²) in [6, 6.07) is 7.01. The third-order valence-corrected chi connectivity index (χ3v) is 3.53. The Labute approximate surface area is 97.9 Å². The Bertz CT molecular complexity index is 441. The van der Waals surface area contributed by atoms with Crippen LogP contribution in [0.4, 0.5) is 0 Å². The summed E-state index contributed by atoms with van der Waals surface area (Å²) in [6.45, 7) is 6.22. The first-order valence-electron chi connectivity index (χ1n) is 6.28. The predicted octanol–water partition coefficient (Wildman–Crippen LogP) is 2.07. The van der Waals surface area contributed by atoms with E-state index in [-0.39, 0.29) is 0 Å². The van der Waals surface area contributed by atoms with Crippen molar-refractivity contribution >= 4 is 12.8 Å². The van der Waals surface area contributed by atoms with Gasteiger partial charge in [0.2, 0.25) is 0 Å². The zero-order valence-electron chi connectivity index (χ0n) is 10.1. The average Bonchev–Trinajstić information content (AvgIpc) is 2.32. The minimum atomic E-state index is 0.675. The van der Waals surface area contributed by atoms with Crippen LogP contribution in [-0.2, 0) is 0 Å². The summed E-state index contributed by atoms with van der Waals surface area (Å²) in [6.07, 6.45) is 8.92. The molecule has 1 aromatic carbocycles. The van der Waals surface area contributed by atoms with E-state index in [0.29, 0.717) is 6.04 Å². The summed E-state index contributed by atoms with van der Waals surface area (Å²) < 4.78 is 0. The molecule has 1 heteroatoms. The van der Waals surface area contributed by atoms with E-state index in [9.17, 15) is 0 Å². The number of nitrogens with one attached hydrogen (secondary N) is 1. The summed E-state index contributed by atoms with van der Waals surface area (Å²) in [5, 5.41) is 5.91. The van der Waals surface area contributed by atoms with Gasteiger partial charge in [-0.1, -0.05) is 44.0 Å². The summed E-state index contributed by atoms with van der Waals surface area (Å²) in [7, 11) is 0. The van der Waals surface area contributed by atoms with Crippen LogP contribution in [0, 0.1) is 6.92 Å². The van der Waals surface area contributed by atoms with E-state index in [1.54, 1.807) is 0 Å². The van der Waals surface area contributed by atoms with Crippen LogP contribution in [0.5, 0.6) is 0 Å². The maximum absolute atomic E-state index is 4.11. The largest absolute Gasteiger partial charge is 0.388 e. The highest BCUT2D eigenvalue weighted by atomic mass is 14.9. The van der Waals surface area contributed by atoms with Crippen molar-refractivity contribution in [1.82, 2.24) is 5.32 Å². The second-order valence-corrected chi connectivity index (χ2v) is 4.79.